The molecule has 1 unspecified atom stereocenters. The van der Waals surface area contributed by atoms with Crippen molar-refractivity contribution in [3.8, 4) is 17.1 Å². The van der Waals surface area contributed by atoms with Gasteiger partial charge >= 0.3 is 0 Å². The lowest BCUT2D eigenvalue weighted by Crippen LogP contribution is -2.46. The van der Waals surface area contributed by atoms with Gasteiger partial charge in [-0.05, 0) is 62.8 Å². The van der Waals surface area contributed by atoms with Crippen LogP contribution in [0.3, 0.4) is 0 Å². The van der Waals surface area contributed by atoms with Crippen molar-refractivity contribution in [2.45, 2.75) is 26.8 Å². The van der Waals surface area contributed by atoms with E-state index in [-0.39, 0.29) is 6.04 Å². The molecular weight excluding hydrogens is 456 g/mol. The number of ether oxygens (including phenoxy) is 1. The van der Waals surface area contributed by atoms with Gasteiger partial charge < -0.3 is 14.6 Å². The molecule has 1 aliphatic rings. The zero-order valence-electron chi connectivity index (χ0n) is 20.1. The van der Waals surface area contributed by atoms with Gasteiger partial charge in [0.25, 0.3) is 5.89 Å². The number of nitrogens with zero attached hydrogens (tertiary/aromatic N) is 3. The Labute approximate surface area is 210 Å². The smallest absolute Gasteiger partial charge is 0.258 e. The van der Waals surface area contributed by atoms with Crippen molar-refractivity contribution in [2.24, 2.45) is 0 Å². The van der Waals surface area contributed by atoms with Crippen LogP contribution in [0.25, 0.3) is 17.0 Å². The molecule has 35 heavy (non-hydrogen) atoms. The molecule has 176 valence electrons. The molecule has 0 amide bonds. The SMILES string of the molecule is COc1ccc(N2C(=S)NC(c3ccc(C)cc3)C(c3nc(-c4ccc(C)cc4)no3)=C2C)cc1. The van der Waals surface area contributed by atoms with Gasteiger partial charge in [0.15, 0.2) is 5.11 Å². The van der Waals surface area contributed by atoms with Gasteiger partial charge in [0, 0.05) is 16.9 Å². The Bertz CT molecular complexity index is 1390. The van der Waals surface area contributed by atoms with Crippen LogP contribution in [0, 0.1) is 13.8 Å². The standard InChI is InChI=1S/C28H26N4O2S/c1-17-5-9-20(10-6-17)25-24(27-30-26(31-34-27)21-11-7-18(2)8-12-21)19(3)32(28(35)29-25)22-13-15-23(33-4)16-14-22/h5-16,25H,1-4H3,(H,29,35). The summed E-state index contributed by atoms with van der Waals surface area (Å²) >= 11 is 5.83. The van der Waals surface area contributed by atoms with Gasteiger partial charge in [-0.15, -0.1) is 0 Å². The van der Waals surface area contributed by atoms with Crippen LogP contribution in [0.1, 0.15) is 35.5 Å². The number of methoxy groups -OCH3 is 1. The Kier molecular flexibility index (Phi) is 6.09. The van der Waals surface area contributed by atoms with Gasteiger partial charge in [-0.2, -0.15) is 4.98 Å². The van der Waals surface area contributed by atoms with Crippen molar-refractivity contribution < 1.29 is 9.26 Å². The number of hydrogen-bond donors (Lipinski definition) is 1. The van der Waals surface area contributed by atoms with Crippen molar-refractivity contribution in [1.29, 1.82) is 0 Å². The van der Waals surface area contributed by atoms with E-state index in [1.807, 2.05) is 60.4 Å². The van der Waals surface area contributed by atoms with Crippen molar-refractivity contribution in [3.63, 3.8) is 0 Å². The molecule has 1 N–H and O–H groups in total. The Morgan fingerprint density at radius 3 is 2.14 bits per heavy atom. The molecule has 0 bridgehead atoms. The summed E-state index contributed by atoms with van der Waals surface area (Å²) in [5.74, 6) is 1.79. The topological polar surface area (TPSA) is 63.4 Å². The number of thiocarbonyl (C=S) groups is 1. The molecule has 1 aliphatic heterocycles. The lowest BCUT2D eigenvalue weighted by atomic mass is 9.94. The lowest BCUT2D eigenvalue weighted by molar-refractivity contribution is 0.404. The average Bonchev–Trinajstić information content (AvgIpc) is 3.35. The molecule has 0 radical (unpaired) electrons. The molecule has 0 aliphatic carbocycles. The summed E-state index contributed by atoms with van der Waals surface area (Å²) in [7, 11) is 1.65. The Hall–Kier alpha value is -3.97. The molecule has 1 atom stereocenters. The summed E-state index contributed by atoms with van der Waals surface area (Å²) in [5.41, 5.74) is 7.05. The van der Waals surface area contributed by atoms with E-state index in [0.29, 0.717) is 16.8 Å². The first-order valence-corrected chi connectivity index (χ1v) is 11.8. The zero-order valence-corrected chi connectivity index (χ0v) is 20.9. The fourth-order valence-corrected chi connectivity index (χ4v) is 4.58. The first-order chi connectivity index (χ1) is 16.9. The van der Waals surface area contributed by atoms with E-state index in [9.17, 15) is 0 Å². The second-order valence-electron chi connectivity index (χ2n) is 8.61. The summed E-state index contributed by atoms with van der Waals surface area (Å²) < 4.78 is 11.2. The van der Waals surface area contributed by atoms with E-state index in [2.05, 4.69) is 48.6 Å². The van der Waals surface area contributed by atoms with Crippen LogP contribution in [0.15, 0.2) is 83.0 Å². The van der Waals surface area contributed by atoms with Crippen LogP contribution in [0.2, 0.25) is 0 Å². The van der Waals surface area contributed by atoms with Crippen molar-refractivity contribution >= 4 is 28.6 Å². The summed E-state index contributed by atoms with van der Waals surface area (Å²) in [4.78, 5) is 6.78. The molecule has 6 nitrogen and oxygen atoms in total. The maximum Gasteiger partial charge on any atom is 0.258 e. The summed E-state index contributed by atoms with van der Waals surface area (Å²) in [5, 5.41) is 8.39. The fraction of sp³-hybridized carbons (Fsp3) is 0.179. The lowest BCUT2D eigenvalue weighted by Gasteiger charge is -2.37. The molecule has 0 saturated heterocycles. The van der Waals surface area contributed by atoms with Crippen LogP contribution >= 0.6 is 12.2 Å². The van der Waals surface area contributed by atoms with Crippen LogP contribution < -0.4 is 15.0 Å². The third kappa shape index (κ3) is 4.42. The highest BCUT2D eigenvalue weighted by Crippen LogP contribution is 2.39. The van der Waals surface area contributed by atoms with Gasteiger partial charge in [0.2, 0.25) is 5.82 Å². The number of rotatable bonds is 5. The summed E-state index contributed by atoms with van der Waals surface area (Å²) in [6, 6.07) is 24.0. The predicted octanol–water partition coefficient (Wildman–Crippen LogP) is 6.23. The summed E-state index contributed by atoms with van der Waals surface area (Å²) in [6.07, 6.45) is 0. The Morgan fingerprint density at radius 1 is 0.886 bits per heavy atom. The van der Waals surface area contributed by atoms with E-state index in [4.69, 9.17) is 26.5 Å². The summed E-state index contributed by atoms with van der Waals surface area (Å²) in [6.45, 7) is 6.15. The van der Waals surface area contributed by atoms with E-state index in [1.54, 1.807) is 7.11 Å². The number of benzene rings is 3. The minimum Gasteiger partial charge on any atom is -0.497 e. The molecule has 0 fully saturated rings. The van der Waals surface area contributed by atoms with Crippen LogP contribution in [0.5, 0.6) is 5.75 Å². The van der Waals surface area contributed by atoms with E-state index in [1.165, 1.54) is 11.1 Å². The molecule has 1 aromatic heterocycles. The average molecular weight is 483 g/mol. The minimum atomic E-state index is -0.232. The minimum absolute atomic E-state index is 0.232. The first-order valence-electron chi connectivity index (χ1n) is 11.4. The maximum atomic E-state index is 5.84. The fourth-order valence-electron chi connectivity index (χ4n) is 4.22. The van der Waals surface area contributed by atoms with Crippen LogP contribution in [-0.2, 0) is 0 Å². The second-order valence-corrected chi connectivity index (χ2v) is 9.00. The van der Waals surface area contributed by atoms with Crippen molar-refractivity contribution in [1.82, 2.24) is 15.5 Å². The van der Waals surface area contributed by atoms with Gasteiger partial charge in [-0.1, -0.05) is 64.8 Å². The molecule has 0 saturated carbocycles. The highest BCUT2D eigenvalue weighted by Gasteiger charge is 2.34. The molecule has 5 rings (SSSR count). The normalized spacial score (nSPS) is 15.8. The molecule has 4 aromatic rings. The number of anilines is 1. The molecular formula is C28H26N4O2S. The highest BCUT2D eigenvalue weighted by atomic mass is 32.1. The second kappa shape index (κ2) is 9.35. The largest absolute Gasteiger partial charge is 0.497 e. The molecule has 3 aromatic carbocycles. The quantitative estimate of drug-likeness (QED) is 0.338. The predicted molar refractivity (Wildman–Crippen MR) is 142 cm³/mol. The van der Waals surface area contributed by atoms with Crippen LogP contribution in [-0.4, -0.2) is 22.4 Å². The van der Waals surface area contributed by atoms with Gasteiger partial charge in [0.05, 0.1) is 18.7 Å². The van der Waals surface area contributed by atoms with Gasteiger partial charge in [-0.3, -0.25) is 4.90 Å². The Balaban J connectivity index is 1.63. The van der Waals surface area contributed by atoms with E-state index >= 15 is 0 Å². The number of allylic oxidation sites excluding steroid dienone is 1. The number of nitrogens with one attached hydrogen (secondary N) is 1. The third-order valence-electron chi connectivity index (χ3n) is 6.19. The first kappa shape index (κ1) is 22.8. The zero-order chi connectivity index (χ0) is 24.5. The monoisotopic (exact) mass is 482 g/mol. The van der Waals surface area contributed by atoms with Crippen molar-refractivity contribution in [2.75, 3.05) is 12.0 Å². The number of hydrogen-bond acceptors (Lipinski definition) is 5. The molecule has 0 spiro atoms. The molecule has 2 heterocycles. The van der Waals surface area contributed by atoms with E-state index < -0.39 is 0 Å². The van der Waals surface area contributed by atoms with Gasteiger partial charge in [0.1, 0.15) is 5.75 Å². The number of aryl methyl sites for hydroxylation is 2. The van der Waals surface area contributed by atoms with Crippen molar-refractivity contribution in [3.05, 3.63) is 101 Å². The van der Waals surface area contributed by atoms with Gasteiger partial charge in [-0.25, -0.2) is 0 Å². The maximum absolute atomic E-state index is 5.84. The number of aromatic nitrogens is 2. The van der Waals surface area contributed by atoms with E-state index in [0.717, 1.165) is 33.8 Å². The molecule has 7 heteroatoms. The van der Waals surface area contributed by atoms with Crippen LogP contribution in [0.4, 0.5) is 5.69 Å². The Morgan fingerprint density at radius 2 is 1.51 bits per heavy atom. The highest BCUT2D eigenvalue weighted by molar-refractivity contribution is 7.80. The third-order valence-corrected chi connectivity index (χ3v) is 6.49.